The second-order valence-electron chi connectivity index (χ2n) is 8.96. The molecule has 1 aliphatic heterocycles. The first kappa shape index (κ1) is 23.3. The molecule has 0 aliphatic carbocycles. The van der Waals surface area contributed by atoms with E-state index in [-0.39, 0.29) is 11.9 Å². The van der Waals surface area contributed by atoms with Gasteiger partial charge in [-0.15, -0.1) is 0 Å². The SMILES string of the molecule is CC(=O)Nc1ccc(-c2ccc3ncnc(N4CCN(C(=O)Nc5cccc(C)c5)CC4)c3c2)cc1. The molecule has 1 fully saturated rings. The highest BCUT2D eigenvalue weighted by Crippen LogP contribution is 2.30. The molecule has 0 saturated carbocycles. The summed E-state index contributed by atoms with van der Waals surface area (Å²) in [4.78, 5) is 37.2. The van der Waals surface area contributed by atoms with E-state index in [4.69, 9.17) is 0 Å². The summed E-state index contributed by atoms with van der Waals surface area (Å²) in [6.07, 6.45) is 1.59. The van der Waals surface area contributed by atoms with E-state index in [9.17, 15) is 9.59 Å². The Hall–Kier alpha value is -4.46. The van der Waals surface area contributed by atoms with Gasteiger partial charge in [-0.2, -0.15) is 0 Å². The van der Waals surface area contributed by atoms with Crippen molar-refractivity contribution in [3.8, 4) is 11.1 Å². The first-order valence-electron chi connectivity index (χ1n) is 12.0. The van der Waals surface area contributed by atoms with E-state index < -0.39 is 0 Å². The summed E-state index contributed by atoms with van der Waals surface area (Å²) in [5.41, 5.74) is 5.64. The van der Waals surface area contributed by atoms with E-state index >= 15 is 0 Å². The van der Waals surface area contributed by atoms with Crippen LogP contribution in [0.15, 0.2) is 73.1 Å². The van der Waals surface area contributed by atoms with Crippen molar-refractivity contribution in [1.29, 1.82) is 0 Å². The molecular weight excluding hydrogens is 452 g/mol. The van der Waals surface area contributed by atoms with Crippen LogP contribution in [0.2, 0.25) is 0 Å². The van der Waals surface area contributed by atoms with E-state index in [1.165, 1.54) is 6.92 Å². The summed E-state index contributed by atoms with van der Waals surface area (Å²) in [6.45, 7) is 6.08. The number of hydrogen-bond donors (Lipinski definition) is 2. The predicted octanol–water partition coefficient (Wildman–Crippen LogP) is 4.92. The number of benzene rings is 3. The summed E-state index contributed by atoms with van der Waals surface area (Å²) in [7, 11) is 0. The molecule has 5 rings (SSSR count). The zero-order chi connectivity index (χ0) is 25.1. The number of aryl methyl sites for hydroxylation is 1. The van der Waals surface area contributed by atoms with Crippen molar-refractivity contribution in [3.63, 3.8) is 0 Å². The number of carbonyl (C=O) groups is 2. The van der Waals surface area contributed by atoms with Crippen molar-refractivity contribution < 1.29 is 9.59 Å². The number of piperazine rings is 1. The quantitative estimate of drug-likeness (QED) is 0.433. The highest BCUT2D eigenvalue weighted by atomic mass is 16.2. The second-order valence-corrected chi connectivity index (χ2v) is 8.96. The summed E-state index contributed by atoms with van der Waals surface area (Å²) in [5.74, 6) is 0.776. The number of aromatic nitrogens is 2. The molecule has 1 aromatic heterocycles. The van der Waals surface area contributed by atoms with Gasteiger partial charge in [0, 0.05) is 49.9 Å². The zero-order valence-electron chi connectivity index (χ0n) is 20.4. The molecule has 0 unspecified atom stereocenters. The van der Waals surface area contributed by atoms with Crippen LogP contribution in [0.25, 0.3) is 22.0 Å². The van der Waals surface area contributed by atoms with E-state index in [1.54, 1.807) is 6.33 Å². The van der Waals surface area contributed by atoms with Gasteiger partial charge in [-0.25, -0.2) is 14.8 Å². The Bertz CT molecular complexity index is 1410. The Morgan fingerprint density at radius 3 is 2.28 bits per heavy atom. The van der Waals surface area contributed by atoms with Crippen LogP contribution in [-0.2, 0) is 4.79 Å². The third-order valence-electron chi connectivity index (χ3n) is 6.29. The molecule has 2 heterocycles. The molecule has 3 amide bonds. The molecule has 1 saturated heterocycles. The van der Waals surface area contributed by atoms with Crippen LogP contribution < -0.4 is 15.5 Å². The first-order valence-corrected chi connectivity index (χ1v) is 12.0. The molecule has 4 aromatic rings. The monoisotopic (exact) mass is 480 g/mol. The van der Waals surface area contributed by atoms with Gasteiger partial charge in [-0.05, 0) is 60.0 Å². The smallest absolute Gasteiger partial charge is 0.321 e. The molecule has 8 nitrogen and oxygen atoms in total. The van der Waals surface area contributed by atoms with Crippen molar-refractivity contribution in [2.45, 2.75) is 13.8 Å². The molecule has 2 N–H and O–H groups in total. The minimum Gasteiger partial charge on any atom is -0.352 e. The minimum atomic E-state index is -0.0945. The number of urea groups is 1. The molecule has 182 valence electrons. The van der Waals surface area contributed by atoms with Crippen molar-refractivity contribution in [2.75, 3.05) is 41.7 Å². The fourth-order valence-corrected chi connectivity index (χ4v) is 4.47. The Kier molecular flexibility index (Phi) is 6.49. The van der Waals surface area contributed by atoms with E-state index in [1.807, 2.05) is 72.5 Å². The lowest BCUT2D eigenvalue weighted by molar-refractivity contribution is -0.114. The van der Waals surface area contributed by atoms with E-state index in [2.05, 4.69) is 31.6 Å². The van der Waals surface area contributed by atoms with E-state index in [0.29, 0.717) is 26.2 Å². The number of rotatable bonds is 4. The van der Waals surface area contributed by atoms with Crippen molar-refractivity contribution in [1.82, 2.24) is 14.9 Å². The van der Waals surface area contributed by atoms with Crippen LogP contribution >= 0.6 is 0 Å². The highest BCUT2D eigenvalue weighted by Gasteiger charge is 2.23. The van der Waals surface area contributed by atoms with Gasteiger partial charge in [0.1, 0.15) is 12.1 Å². The van der Waals surface area contributed by atoms with Crippen LogP contribution in [0.3, 0.4) is 0 Å². The van der Waals surface area contributed by atoms with Crippen LogP contribution in [0.1, 0.15) is 12.5 Å². The van der Waals surface area contributed by atoms with Gasteiger partial charge in [0.25, 0.3) is 0 Å². The lowest BCUT2D eigenvalue weighted by Gasteiger charge is -2.35. The van der Waals surface area contributed by atoms with Gasteiger partial charge < -0.3 is 20.4 Å². The van der Waals surface area contributed by atoms with Crippen LogP contribution in [0, 0.1) is 6.92 Å². The number of fused-ring (bicyclic) bond motifs is 1. The number of anilines is 3. The number of carbonyl (C=O) groups excluding carboxylic acids is 2. The number of amides is 3. The summed E-state index contributed by atoms with van der Waals surface area (Å²) in [6, 6.07) is 21.6. The maximum atomic E-state index is 12.8. The van der Waals surface area contributed by atoms with Gasteiger partial charge in [0.2, 0.25) is 5.91 Å². The Balaban J connectivity index is 1.31. The van der Waals surface area contributed by atoms with Gasteiger partial charge in [0.15, 0.2) is 0 Å². The third kappa shape index (κ3) is 5.12. The van der Waals surface area contributed by atoms with E-state index in [0.717, 1.165) is 44.8 Å². The maximum absolute atomic E-state index is 12.8. The Morgan fingerprint density at radius 2 is 1.56 bits per heavy atom. The predicted molar refractivity (Wildman–Crippen MR) is 143 cm³/mol. The largest absolute Gasteiger partial charge is 0.352 e. The molecule has 0 spiro atoms. The molecular formula is C28H28N6O2. The average molecular weight is 481 g/mol. The van der Waals surface area contributed by atoms with Crippen molar-refractivity contribution >= 4 is 40.0 Å². The lowest BCUT2D eigenvalue weighted by atomic mass is 10.0. The van der Waals surface area contributed by atoms with Crippen molar-refractivity contribution in [3.05, 3.63) is 78.6 Å². The highest BCUT2D eigenvalue weighted by molar-refractivity contribution is 5.94. The normalized spacial score (nSPS) is 13.5. The molecule has 0 radical (unpaired) electrons. The number of nitrogens with zero attached hydrogens (tertiary/aromatic N) is 4. The Labute approximate surface area is 210 Å². The van der Waals surface area contributed by atoms with Gasteiger partial charge >= 0.3 is 6.03 Å². The third-order valence-corrected chi connectivity index (χ3v) is 6.29. The Morgan fingerprint density at radius 1 is 0.806 bits per heavy atom. The van der Waals surface area contributed by atoms with Gasteiger partial charge in [-0.3, -0.25) is 4.79 Å². The summed E-state index contributed by atoms with van der Waals surface area (Å²) >= 11 is 0. The molecule has 1 aliphatic rings. The lowest BCUT2D eigenvalue weighted by Crippen LogP contribution is -2.50. The zero-order valence-corrected chi connectivity index (χ0v) is 20.4. The maximum Gasteiger partial charge on any atom is 0.321 e. The summed E-state index contributed by atoms with van der Waals surface area (Å²) in [5, 5.41) is 6.76. The van der Waals surface area contributed by atoms with Crippen LogP contribution in [0.5, 0.6) is 0 Å². The fraction of sp³-hybridized carbons (Fsp3) is 0.214. The average Bonchev–Trinajstić information content (AvgIpc) is 2.88. The number of nitrogens with one attached hydrogen (secondary N) is 2. The minimum absolute atomic E-state index is 0.0854. The van der Waals surface area contributed by atoms with Gasteiger partial charge in [-0.1, -0.05) is 30.3 Å². The molecule has 8 heteroatoms. The standard InChI is InChI=1S/C28H28N6O2/c1-19-4-3-5-24(16-19)32-28(36)34-14-12-33(13-15-34)27-25-17-22(8-11-26(25)29-18-30-27)21-6-9-23(10-7-21)31-20(2)35/h3-11,16-18H,12-15H2,1-2H3,(H,31,35)(H,32,36). The molecule has 36 heavy (non-hydrogen) atoms. The first-order chi connectivity index (χ1) is 17.5. The topological polar surface area (TPSA) is 90.5 Å². The molecule has 3 aromatic carbocycles. The molecule has 0 bridgehead atoms. The number of hydrogen-bond acceptors (Lipinski definition) is 5. The fourth-order valence-electron chi connectivity index (χ4n) is 4.47. The second kappa shape index (κ2) is 10.0. The van der Waals surface area contributed by atoms with Crippen LogP contribution in [-0.4, -0.2) is 53.0 Å². The van der Waals surface area contributed by atoms with Crippen LogP contribution in [0.4, 0.5) is 22.0 Å². The molecule has 0 atom stereocenters. The summed E-state index contributed by atoms with van der Waals surface area (Å²) < 4.78 is 0. The van der Waals surface area contributed by atoms with Gasteiger partial charge in [0.05, 0.1) is 5.52 Å². The van der Waals surface area contributed by atoms with Crippen molar-refractivity contribution in [2.24, 2.45) is 0 Å².